The lowest BCUT2D eigenvalue weighted by Gasteiger charge is -2.28. The number of rotatable bonds is 3. The molecule has 0 amide bonds. The lowest BCUT2D eigenvalue weighted by molar-refractivity contribution is -0.0387. The Bertz CT molecular complexity index is 140. The van der Waals surface area contributed by atoms with E-state index in [2.05, 4.69) is 10.2 Å². The molecule has 1 N–H and O–H groups in total. The van der Waals surface area contributed by atoms with Gasteiger partial charge in [-0.2, -0.15) is 0 Å². The second-order valence-corrected chi connectivity index (χ2v) is 4.14. The second kappa shape index (κ2) is 4.94. The van der Waals surface area contributed by atoms with Gasteiger partial charge >= 0.3 is 0 Å². The van der Waals surface area contributed by atoms with Crippen LogP contribution in [0.5, 0.6) is 0 Å². The van der Waals surface area contributed by atoms with E-state index < -0.39 is 0 Å². The molecule has 2 fully saturated rings. The Morgan fingerprint density at radius 3 is 2.92 bits per heavy atom. The molecule has 0 unspecified atom stereocenters. The van der Waals surface area contributed by atoms with Crippen LogP contribution >= 0.6 is 0 Å². The van der Waals surface area contributed by atoms with Crippen LogP contribution in [0.2, 0.25) is 0 Å². The van der Waals surface area contributed by atoms with Crippen LogP contribution in [-0.2, 0) is 4.74 Å². The van der Waals surface area contributed by atoms with Crippen LogP contribution in [0, 0.1) is 5.92 Å². The summed E-state index contributed by atoms with van der Waals surface area (Å²) in [4.78, 5) is 2.58. The van der Waals surface area contributed by atoms with Crippen LogP contribution in [0.3, 0.4) is 0 Å². The van der Waals surface area contributed by atoms with Gasteiger partial charge in [-0.3, -0.25) is 0 Å². The first-order chi connectivity index (χ1) is 6.45. The molecule has 0 atom stereocenters. The smallest absolute Gasteiger partial charge is 0.0516 e. The van der Waals surface area contributed by atoms with E-state index >= 15 is 0 Å². The third-order valence-electron chi connectivity index (χ3n) is 2.99. The summed E-state index contributed by atoms with van der Waals surface area (Å²) in [6.45, 7) is 8.16. The minimum absolute atomic E-state index is 0.858. The van der Waals surface area contributed by atoms with E-state index in [1.165, 1.54) is 45.6 Å². The summed E-state index contributed by atoms with van der Waals surface area (Å²) in [5, 5.41) is 3.43. The van der Waals surface area contributed by atoms with Crippen molar-refractivity contribution in [3.05, 3.63) is 0 Å². The van der Waals surface area contributed by atoms with Gasteiger partial charge in [0.2, 0.25) is 0 Å². The van der Waals surface area contributed by atoms with Gasteiger partial charge in [-0.1, -0.05) is 0 Å². The topological polar surface area (TPSA) is 24.5 Å². The Labute approximate surface area is 80.4 Å². The van der Waals surface area contributed by atoms with Crippen molar-refractivity contribution in [1.82, 2.24) is 10.2 Å². The third-order valence-corrected chi connectivity index (χ3v) is 2.99. The molecular weight excluding hydrogens is 164 g/mol. The number of hydrogen-bond donors (Lipinski definition) is 1. The van der Waals surface area contributed by atoms with E-state index in [4.69, 9.17) is 4.74 Å². The molecule has 0 spiro atoms. The van der Waals surface area contributed by atoms with Crippen molar-refractivity contribution in [2.24, 2.45) is 5.92 Å². The Morgan fingerprint density at radius 1 is 1.23 bits per heavy atom. The first-order valence-electron chi connectivity index (χ1n) is 5.46. The van der Waals surface area contributed by atoms with Crippen LogP contribution in [0.1, 0.15) is 12.8 Å². The molecule has 2 heterocycles. The fourth-order valence-electron chi connectivity index (χ4n) is 1.94. The van der Waals surface area contributed by atoms with E-state index in [-0.39, 0.29) is 0 Å². The summed E-state index contributed by atoms with van der Waals surface area (Å²) >= 11 is 0. The standard InChI is InChI=1S/C10H20N2O/c1-3-11-4-7-12(5-1)6-2-10-8-13-9-10/h10-11H,1-9H2. The average Bonchev–Trinajstić information content (AvgIpc) is 2.30. The summed E-state index contributed by atoms with van der Waals surface area (Å²) in [7, 11) is 0. The Kier molecular flexibility index (Phi) is 3.58. The summed E-state index contributed by atoms with van der Waals surface area (Å²) in [5.41, 5.74) is 0. The highest BCUT2D eigenvalue weighted by atomic mass is 16.5. The van der Waals surface area contributed by atoms with Gasteiger partial charge in [0.15, 0.2) is 0 Å². The van der Waals surface area contributed by atoms with Gasteiger partial charge in [-0.05, 0) is 32.5 Å². The second-order valence-electron chi connectivity index (χ2n) is 4.14. The zero-order chi connectivity index (χ0) is 8.93. The molecule has 3 heteroatoms. The Morgan fingerprint density at radius 2 is 2.15 bits per heavy atom. The highest BCUT2D eigenvalue weighted by molar-refractivity contribution is 4.70. The maximum Gasteiger partial charge on any atom is 0.0516 e. The zero-order valence-electron chi connectivity index (χ0n) is 8.30. The van der Waals surface area contributed by atoms with E-state index in [0.717, 1.165) is 19.1 Å². The molecule has 2 aliphatic heterocycles. The van der Waals surface area contributed by atoms with E-state index in [1.807, 2.05) is 0 Å². The maximum atomic E-state index is 5.17. The summed E-state index contributed by atoms with van der Waals surface area (Å²) in [6.07, 6.45) is 2.64. The number of hydrogen-bond acceptors (Lipinski definition) is 3. The van der Waals surface area contributed by atoms with Crippen LogP contribution in [-0.4, -0.2) is 50.8 Å². The Balaban J connectivity index is 1.61. The molecule has 0 aromatic carbocycles. The lowest BCUT2D eigenvalue weighted by Crippen LogP contribution is -2.34. The SMILES string of the molecule is C1CNCCN(CCC2COC2)C1. The molecule has 2 aliphatic rings. The molecule has 0 aromatic heterocycles. The molecular formula is C10H20N2O. The van der Waals surface area contributed by atoms with Gasteiger partial charge in [0.1, 0.15) is 0 Å². The minimum atomic E-state index is 0.858. The number of nitrogens with zero attached hydrogens (tertiary/aromatic N) is 1. The Hall–Kier alpha value is -0.120. The molecule has 2 rings (SSSR count). The van der Waals surface area contributed by atoms with Crippen LogP contribution in [0.15, 0.2) is 0 Å². The monoisotopic (exact) mass is 184 g/mol. The first kappa shape index (κ1) is 9.44. The van der Waals surface area contributed by atoms with Crippen LogP contribution in [0.4, 0.5) is 0 Å². The normalized spacial score (nSPS) is 26.8. The van der Waals surface area contributed by atoms with Gasteiger partial charge in [0, 0.05) is 19.0 Å². The molecule has 0 bridgehead atoms. The highest BCUT2D eigenvalue weighted by Gasteiger charge is 2.19. The van der Waals surface area contributed by atoms with Gasteiger partial charge in [0.25, 0.3) is 0 Å². The number of ether oxygens (including phenoxy) is 1. The van der Waals surface area contributed by atoms with E-state index in [1.54, 1.807) is 0 Å². The molecule has 0 radical (unpaired) electrons. The van der Waals surface area contributed by atoms with Crippen molar-refractivity contribution in [1.29, 1.82) is 0 Å². The predicted molar refractivity (Wildman–Crippen MR) is 52.9 cm³/mol. The number of nitrogens with one attached hydrogen (secondary N) is 1. The van der Waals surface area contributed by atoms with Crippen molar-refractivity contribution in [3.63, 3.8) is 0 Å². The largest absolute Gasteiger partial charge is 0.381 e. The fourth-order valence-corrected chi connectivity index (χ4v) is 1.94. The molecule has 0 aliphatic carbocycles. The third kappa shape index (κ3) is 2.93. The van der Waals surface area contributed by atoms with Crippen LogP contribution in [0.25, 0.3) is 0 Å². The van der Waals surface area contributed by atoms with Crippen LogP contribution < -0.4 is 5.32 Å². The molecule has 76 valence electrons. The predicted octanol–water partition coefficient (Wildman–Crippen LogP) is 0.318. The first-order valence-corrected chi connectivity index (χ1v) is 5.46. The highest BCUT2D eigenvalue weighted by Crippen LogP contribution is 2.14. The summed E-state index contributed by atoms with van der Waals surface area (Å²) in [6, 6.07) is 0. The lowest BCUT2D eigenvalue weighted by atomic mass is 10.0. The van der Waals surface area contributed by atoms with Crippen molar-refractivity contribution in [2.45, 2.75) is 12.8 Å². The molecule has 2 saturated heterocycles. The van der Waals surface area contributed by atoms with Crippen molar-refractivity contribution in [3.8, 4) is 0 Å². The van der Waals surface area contributed by atoms with Gasteiger partial charge < -0.3 is 15.0 Å². The van der Waals surface area contributed by atoms with Crippen molar-refractivity contribution in [2.75, 3.05) is 45.9 Å². The van der Waals surface area contributed by atoms with E-state index in [9.17, 15) is 0 Å². The van der Waals surface area contributed by atoms with E-state index in [0.29, 0.717) is 0 Å². The van der Waals surface area contributed by atoms with Crippen molar-refractivity contribution < 1.29 is 4.74 Å². The summed E-state index contributed by atoms with van der Waals surface area (Å²) in [5.74, 6) is 0.858. The van der Waals surface area contributed by atoms with Gasteiger partial charge in [0.05, 0.1) is 13.2 Å². The summed E-state index contributed by atoms with van der Waals surface area (Å²) < 4.78 is 5.17. The molecule has 0 saturated carbocycles. The minimum Gasteiger partial charge on any atom is -0.381 e. The van der Waals surface area contributed by atoms with Gasteiger partial charge in [-0.25, -0.2) is 0 Å². The molecule has 0 aromatic rings. The van der Waals surface area contributed by atoms with Gasteiger partial charge in [-0.15, -0.1) is 0 Å². The molecule has 13 heavy (non-hydrogen) atoms. The average molecular weight is 184 g/mol. The quantitative estimate of drug-likeness (QED) is 0.683. The fraction of sp³-hybridized carbons (Fsp3) is 1.00. The van der Waals surface area contributed by atoms with Crippen molar-refractivity contribution >= 4 is 0 Å². The zero-order valence-corrected chi connectivity index (χ0v) is 8.30. The molecule has 3 nitrogen and oxygen atoms in total. The maximum absolute atomic E-state index is 5.17.